The summed E-state index contributed by atoms with van der Waals surface area (Å²) < 4.78 is 13.4. The van der Waals surface area contributed by atoms with E-state index in [1.165, 1.54) is 5.56 Å². The van der Waals surface area contributed by atoms with Crippen LogP contribution in [0.4, 0.5) is 0 Å². The van der Waals surface area contributed by atoms with Crippen LogP contribution in [0.1, 0.15) is 43.8 Å². The van der Waals surface area contributed by atoms with Crippen molar-refractivity contribution in [3.05, 3.63) is 35.5 Å². The Morgan fingerprint density at radius 2 is 2.19 bits per heavy atom. The molecule has 0 aliphatic heterocycles. The molecule has 0 aliphatic rings. The van der Waals surface area contributed by atoms with Crippen molar-refractivity contribution in [1.82, 2.24) is 15.1 Å². The topological polar surface area (TPSA) is 52.2 Å². The first kappa shape index (κ1) is 15.6. The first-order valence-electron chi connectivity index (χ1n) is 7.67. The van der Waals surface area contributed by atoms with Crippen molar-refractivity contribution in [2.24, 2.45) is 0 Å². The van der Waals surface area contributed by atoms with Gasteiger partial charge in [0, 0.05) is 6.54 Å². The van der Waals surface area contributed by atoms with Crippen LogP contribution >= 0.6 is 0 Å². The SMILES string of the molecule is CCCNCc1oc(COc2cnn(CCC)c2)cc1C. The Hall–Kier alpha value is -1.75. The van der Waals surface area contributed by atoms with E-state index >= 15 is 0 Å². The third-order valence-electron chi connectivity index (χ3n) is 3.23. The normalized spacial score (nSPS) is 11.0. The van der Waals surface area contributed by atoms with Crippen LogP contribution in [0.5, 0.6) is 5.75 Å². The van der Waals surface area contributed by atoms with Crippen molar-refractivity contribution in [2.75, 3.05) is 6.54 Å². The Bertz CT molecular complexity index is 545. The monoisotopic (exact) mass is 291 g/mol. The maximum Gasteiger partial charge on any atom is 0.157 e. The fourth-order valence-corrected chi connectivity index (χ4v) is 2.14. The van der Waals surface area contributed by atoms with Crippen LogP contribution in [-0.2, 0) is 19.7 Å². The fraction of sp³-hybridized carbons (Fsp3) is 0.562. The van der Waals surface area contributed by atoms with E-state index in [0.29, 0.717) is 6.61 Å². The summed E-state index contributed by atoms with van der Waals surface area (Å²) in [5.74, 6) is 2.62. The Morgan fingerprint density at radius 1 is 1.33 bits per heavy atom. The van der Waals surface area contributed by atoms with Gasteiger partial charge in [-0.05, 0) is 37.9 Å². The summed E-state index contributed by atoms with van der Waals surface area (Å²) in [6, 6.07) is 2.04. The van der Waals surface area contributed by atoms with Crippen molar-refractivity contribution in [3.8, 4) is 5.75 Å². The second kappa shape index (κ2) is 7.88. The number of hydrogen-bond acceptors (Lipinski definition) is 4. The molecule has 0 radical (unpaired) electrons. The van der Waals surface area contributed by atoms with E-state index in [2.05, 4.69) is 31.2 Å². The first-order chi connectivity index (χ1) is 10.2. The zero-order chi connectivity index (χ0) is 15.1. The summed E-state index contributed by atoms with van der Waals surface area (Å²) >= 11 is 0. The molecular weight excluding hydrogens is 266 g/mol. The summed E-state index contributed by atoms with van der Waals surface area (Å²) in [6.45, 7) is 9.47. The third kappa shape index (κ3) is 4.63. The second-order valence-corrected chi connectivity index (χ2v) is 5.22. The van der Waals surface area contributed by atoms with Crippen LogP contribution in [-0.4, -0.2) is 16.3 Å². The number of hydrogen-bond donors (Lipinski definition) is 1. The highest BCUT2D eigenvalue weighted by atomic mass is 16.5. The minimum Gasteiger partial charge on any atom is -0.482 e. The lowest BCUT2D eigenvalue weighted by molar-refractivity contribution is 0.264. The molecule has 2 aromatic rings. The lowest BCUT2D eigenvalue weighted by Crippen LogP contribution is -2.13. The van der Waals surface area contributed by atoms with Crippen molar-refractivity contribution >= 4 is 0 Å². The van der Waals surface area contributed by atoms with E-state index in [1.54, 1.807) is 6.20 Å². The largest absolute Gasteiger partial charge is 0.482 e. The van der Waals surface area contributed by atoms with E-state index in [1.807, 2.05) is 16.9 Å². The van der Waals surface area contributed by atoms with E-state index in [9.17, 15) is 0 Å². The fourth-order valence-electron chi connectivity index (χ4n) is 2.14. The summed E-state index contributed by atoms with van der Waals surface area (Å²) in [5, 5.41) is 7.59. The van der Waals surface area contributed by atoms with Crippen molar-refractivity contribution < 1.29 is 9.15 Å². The smallest absolute Gasteiger partial charge is 0.157 e. The summed E-state index contributed by atoms with van der Waals surface area (Å²) in [4.78, 5) is 0. The average molecular weight is 291 g/mol. The number of nitrogens with zero attached hydrogens (tertiary/aromatic N) is 2. The van der Waals surface area contributed by atoms with Gasteiger partial charge in [0.25, 0.3) is 0 Å². The lowest BCUT2D eigenvalue weighted by Gasteiger charge is -2.02. The molecule has 0 unspecified atom stereocenters. The molecule has 2 aromatic heterocycles. The number of ether oxygens (including phenoxy) is 1. The second-order valence-electron chi connectivity index (χ2n) is 5.22. The van der Waals surface area contributed by atoms with Crippen molar-refractivity contribution in [2.45, 2.75) is 53.3 Å². The standard InChI is InChI=1S/C16H25N3O2/c1-4-6-17-10-16-13(3)8-14(21-16)12-20-15-9-18-19(11-15)7-5-2/h8-9,11,17H,4-7,10,12H2,1-3H3. The molecule has 0 aliphatic carbocycles. The molecular formula is C16H25N3O2. The molecule has 0 bridgehead atoms. The van der Waals surface area contributed by atoms with E-state index in [-0.39, 0.29) is 0 Å². The minimum absolute atomic E-state index is 0.437. The summed E-state index contributed by atoms with van der Waals surface area (Å²) in [7, 11) is 0. The van der Waals surface area contributed by atoms with E-state index < -0.39 is 0 Å². The van der Waals surface area contributed by atoms with Crippen molar-refractivity contribution in [1.29, 1.82) is 0 Å². The zero-order valence-corrected chi connectivity index (χ0v) is 13.2. The van der Waals surface area contributed by atoms with Gasteiger partial charge in [-0.15, -0.1) is 0 Å². The van der Waals surface area contributed by atoms with Gasteiger partial charge >= 0.3 is 0 Å². The molecule has 116 valence electrons. The Morgan fingerprint density at radius 3 is 2.95 bits per heavy atom. The predicted octanol–water partition coefficient (Wildman–Crippen LogP) is 3.27. The highest BCUT2D eigenvalue weighted by molar-refractivity contribution is 5.20. The van der Waals surface area contributed by atoms with Gasteiger partial charge < -0.3 is 14.5 Å². The zero-order valence-electron chi connectivity index (χ0n) is 13.2. The highest BCUT2D eigenvalue weighted by Gasteiger charge is 2.08. The molecule has 0 saturated carbocycles. The van der Waals surface area contributed by atoms with Crippen molar-refractivity contribution in [3.63, 3.8) is 0 Å². The van der Waals surface area contributed by atoms with Crippen LogP contribution < -0.4 is 10.1 Å². The molecule has 5 heteroatoms. The molecule has 2 rings (SSSR count). The lowest BCUT2D eigenvalue weighted by atomic mass is 10.2. The van der Waals surface area contributed by atoms with Gasteiger partial charge in [-0.3, -0.25) is 4.68 Å². The minimum atomic E-state index is 0.437. The molecule has 0 amide bonds. The molecule has 0 aromatic carbocycles. The maximum atomic E-state index is 5.82. The summed E-state index contributed by atoms with van der Waals surface area (Å²) in [6.07, 6.45) is 5.85. The highest BCUT2D eigenvalue weighted by Crippen LogP contribution is 2.17. The van der Waals surface area contributed by atoms with Gasteiger partial charge in [-0.1, -0.05) is 13.8 Å². The van der Waals surface area contributed by atoms with Gasteiger partial charge in [-0.25, -0.2) is 0 Å². The van der Waals surface area contributed by atoms with Gasteiger partial charge in [0.2, 0.25) is 0 Å². The Labute approximate surface area is 126 Å². The quantitative estimate of drug-likeness (QED) is 0.720. The van der Waals surface area contributed by atoms with Crippen LogP contribution in [0.3, 0.4) is 0 Å². The molecule has 1 N–H and O–H groups in total. The molecule has 0 fully saturated rings. The van der Waals surface area contributed by atoms with Gasteiger partial charge in [0.15, 0.2) is 5.75 Å². The predicted molar refractivity (Wildman–Crippen MR) is 82.3 cm³/mol. The Kier molecular flexibility index (Phi) is 5.87. The van der Waals surface area contributed by atoms with Crippen LogP contribution in [0, 0.1) is 6.92 Å². The molecule has 0 saturated heterocycles. The number of aromatic nitrogens is 2. The molecule has 5 nitrogen and oxygen atoms in total. The van der Waals surface area contributed by atoms with Gasteiger partial charge in [-0.2, -0.15) is 5.10 Å². The number of nitrogens with one attached hydrogen (secondary N) is 1. The average Bonchev–Trinajstić information content (AvgIpc) is 3.05. The van der Waals surface area contributed by atoms with Gasteiger partial charge in [0.1, 0.15) is 18.1 Å². The van der Waals surface area contributed by atoms with E-state index in [4.69, 9.17) is 9.15 Å². The maximum absolute atomic E-state index is 5.82. The number of furan rings is 1. The third-order valence-corrected chi connectivity index (χ3v) is 3.23. The molecule has 2 heterocycles. The Balaban J connectivity index is 1.86. The number of rotatable bonds is 9. The van der Waals surface area contributed by atoms with E-state index in [0.717, 1.165) is 49.7 Å². The summed E-state index contributed by atoms with van der Waals surface area (Å²) in [5.41, 5.74) is 1.17. The first-order valence-corrected chi connectivity index (χ1v) is 7.67. The van der Waals surface area contributed by atoms with Crippen LogP contribution in [0.15, 0.2) is 22.9 Å². The van der Waals surface area contributed by atoms with Gasteiger partial charge in [0.05, 0.1) is 18.9 Å². The number of aryl methyl sites for hydroxylation is 2. The molecule has 0 atom stereocenters. The van der Waals surface area contributed by atoms with Crippen LogP contribution in [0.25, 0.3) is 0 Å². The molecule has 21 heavy (non-hydrogen) atoms. The van der Waals surface area contributed by atoms with Crippen LogP contribution in [0.2, 0.25) is 0 Å². The molecule has 0 spiro atoms.